The number of carbonyl (C=O) groups is 1. The summed E-state index contributed by atoms with van der Waals surface area (Å²) in [4.78, 5) is 19.3. The minimum absolute atomic E-state index is 0.0877. The van der Waals surface area contributed by atoms with Gasteiger partial charge in [0.05, 0.1) is 13.2 Å². The van der Waals surface area contributed by atoms with Crippen molar-refractivity contribution in [3.05, 3.63) is 30.5 Å². The van der Waals surface area contributed by atoms with E-state index in [1.54, 1.807) is 7.11 Å². The van der Waals surface area contributed by atoms with Crippen LogP contribution in [0.5, 0.6) is 5.75 Å². The Balaban J connectivity index is 1.49. The Hall–Kier alpha value is -2.09. The fourth-order valence-corrected chi connectivity index (χ4v) is 3.29. The van der Waals surface area contributed by atoms with Crippen molar-refractivity contribution in [2.75, 3.05) is 53.0 Å². The highest BCUT2D eigenvalue weighted by Gasteiger charge is 2.23. The summed E-state index contributed by atoms with van der Waals surface area (Å²) in [6.45, 7) is 3.65. The molecule has 1 amide bonds. The van der Waals surface area contributed by atoms with Crippen molar-refractivity contribution in [1.29, 1.82) is 0 Å². The monoisotopic (exact) mass is 361 g/mol. The van der Waals surface area contributed by atoms with E-state index in [9.17, 15) is 9.90 Å². The second kappa shape index (κ2) is 9.02. The van der Waals surface area contributed by atoms with Crippen LogP contribution >= 0.6 is 0 Å². The van der Waals surface area contributed by atoms with Gasteiger partial charge in [-0.25, -0.2) is 0 Å². The number of carbonyl (C=O) groups excluding carboxylic acids is 1. The van der Waals surface area contributed by atoms with E-state index in [-0.39, 0.29) is 12.5 Å². The third-order valence-electron chi connectivity index (χ3n) is 4.63. The molecule has 1 aromatic carbocycles. The van der Waals surface area contributed by atoms with Crippen molar-refractivity contribution < 1.29 is 19.4 Å². The van der Waals surface area contributed by atoms with Crippen LogP contribution in [0, 0.1) is 0 Å². The summed E-state index contributed by atoms with van der Waals surface area (Å²) >= 11 is 0. The first-order valence-corrected chi connectivity index (χ1v) is 9.03. The molecule has 2 N–H and O–H groups in total. The number of aliphatic hydroxyl groups excluding tert-OH is 1. The van der Waals surface area contributed by atoms with Crippen molar-refractivity contribution >= 4 is 16.8 Å². The molecule has 0 radical (unpaired) electrons. The number of nitrogens with zero attached hydrogens (tertiary/aromatic N) is 2. The number of nitrogens with one attached hydrogen (secondary N) is 1. The first-order chi connectivity index (χ1) is 12.7. The van der Waals surface area contributed by atoms with Gasteiger partial charge in [0.15, 0.2) is 0 Å². The summed E-state index contributed by atoms with van der Waals surface area (Å²) in [5, 5.41) is 11.4. The number of aromatic nitrogens is 1. The summed E-state index contributed by atoms with van der Waals surface area (Å²) in [6.07, 6.45) is 2.11. The molecule has 0 spiro atoms. The topological polar surface area (TPSA) is 78.0 Å². The normalized spacial score (nSPS) is 17.5. The number of aromatic amines is 1. The number of aliphatic hydroxyl groups is 1. The zero-order valence-corrected chi connectivity index (χ0v) is 15.2. The van der Waals surface area contributed by atoms with Gasteiger partial charge in [-0.2, -0.15) is 0 Å². The van der Waals surface area contributed by atoms with Crippen LogP contribution in [0.25, 0.3) is 10.9 Å². The molecule has 1 saturated heterocycles. The van der Waals surface area contributed by atoms with Gasteiger partial charge in [-0.3, -0.25) is 9.69 Å². The lowest BCUT2D eigenvalue weighted by Crippen LogP contribution is -2.41. The highest BCUT2D eigenvalue weighted by atomic mass is 16.5. The van der Waals surface area contributed by atoms with Crippen LogP contribution in [0.1, 0.15) is 6.42 Å². The Labute approximate surface area is 153 Å². The van der Waals surface area contributed by atoms with E-state index in [0.717, 1.165) is 36.2 Å². The third kappa shape index (κ3) is 4.75. The molecule has 7 heteroatoms. The number of benzene rings is 1. The number of hydrogen-bond acceptors (Lipinski definition) is 5. The summed E-state index contributed by atoms with van der Waals surface area (Å²) in [6, 6.07) is 7.75. The molecule has 1 fully saturated rings. The maximum atomic E-state index is 12.3. The van der Waals surface area contributed by atoms with Crippen LogP contribution in [0.15, 0.2) is 30.5 Å². The van der Waals surface area contributed by atoms with Gasteiger partial charge < -0.3 is 24.5 Å². The Morgan fingerprint density at radius 2 is 2.19 bits per heavy atom. The molecule has 26 heavy (non-hydrogen) atoms. The van der Waals surface area contributed by atoms with Gasteiger partial charge in [0.25, 0.3) is 0 Å². The third-order valence-corrected chi connectivity index (χ3v) is 4.63. The zero-order valence-electron chi connectivity index (χ0n) is 15.2. The summed E-state index contributed by atoms with van der Waals surface area (Å²) < 4.78 is 10.9. The van der Waals surface area contributed by atoms with Crippen molar-refractivity contribution in [2.45, 2.75) is 12.5 Å². The Bertz CT molecular complexity index is 718. The smallest absolute Gasteiger partial charge is 0.236 e. The molecule has 3 rings (SSSR count). The van der Waals surface area contributed by atoms with Crippen LogP contribution in [0.2, 0.25) is 0 Å². The number of fused-ring (bicyclic) bond motifs is 1. The van der Waals surface area contributed by atoms with Crippen LogP contribution in [-0.4, -0.2) is 84.9 Å². The van der Waals surface area contributed by atoms with Crippen molar-refractivity contribution in [1.82, 2.24) is 14.8 Å². The number of H-pyrrole nitrogens is 1. The number of rotatable bonds is 8. The lowest BCUT2D eigenvalue weighted by atomic mass is 10.2. The molecule has 2 heterocycles. The van der Waals surface area contributed by atoms with E-state index in [1.165, 1.54) is 0 Å². The van der Waals surface area contributed by atoms with Crippen LogP contribution in [0.4, 0.5) is 0 Å². The molecule has 1 aliphatic rings. The lowest BCUT2D eigenvalue weighted by molar-refractivity contribution is -0.132. The zero-order chi connectivity index (χ0) is 18.4. The van der Waals surface area contributed by atoms with E-state index in [1.807, 2.05) is 40.3 Å². The quantitative estimate of drug-likeness (QED) is 0.736. The van der Waals surface area contributed by atoms with E-state index in [2.05, 4.69) is 4.98 Å². The fraction of sp³-hybridized carbons (Fsp3) is 0.526. The summed E-state index contributed by atoms with van der Waals surface area (Å²) in [7, 11) is 1.64. The van der Waals surface area contributed by atoms with Gasteiger partial charge in [0.1, 0.15) is 18.5 Å². The highest BCUT2D eigenvalue weighted by molar-refractivity contribution is 5.85. The van der Waals surface area contributed by atoms with Crippen molar-refractivity contribution in [3.8, 4) is 5.75 Å². The first kappa shape index (κ1) is 18.7. The lowest BCUT2D eigenvalue weighted by Gasteiger charge is -2.23. The number of hydrogen-bond donors (Lipinski definition) is 2. The van der Waals surface area contributed by atoms with Gasteiger partial charge >= 0.3 is 0 Å². The van der Waals surface area contributed by atoms with E-state index in [0.29, 0.717) is 26.2 Å². The Morgan fingerprint density at radius 3 is 3.04 bits per heavy atom. The predicted octanol–water partition coefficient (Wildman–Crippen LogP) is 1.09. The Morgan fingerprint density at radius 1 is 1.31 bits per heavy atom. The molecular formula is C19H27N3O4. The van der Waals surface area contributed by atoms with Crippen LogP contribution < -0.4 is 4.74 Å². The molecule has 142 valence electrons. The molecular weight excluding hydrogens is 334 g/mol. The average Bonchev–Trinajstić information content (AvgIpc) is 3.04. The molecule has 2 aromatic rings. The second-order valence-electron chi connectivity index (χ2n) is 6.62. The van der Waals surface area contributed by atoms with E-state index < -0.39 is 6.10 Å². The number of amides is 1. The number of β-amino-alcohol motifs (C(OH)–C–C–N with tert-alkyl or cyclic N) is 1. The average molecular weight is 361 g/mol. The summed E-state index contributed by atoms with van der Waals surface area (Å²) in [5.74, 6) is 0.838. The minimum atomic E-state index is -0.650. The van der Waals surface area contributed by atoms with Gasteiger partial charge in [-0.05, 0) is 24.6 Å². The largest absolute Gasteiger partial charge is 0.490 e. The standard InChI is InChI=1S/C19H27N3O4/c1-25-11-10-22-9-3-8-21(13-19(22)24)12-15(23)14-26-18-5-2-4-17-16(18)6-7-20-17/h2,4-7,15,20,23H,3,8-14H2,1H3. The van der Waals surface area contributed by atoms with E-state index in [4.69, 9.17) is 9.47 Å². The van der Waals surface area contributed by atoms with Crippen molar-refractivity contribution in [3.63, 3.8) is 0 Å². The molecule has 0 saturated carbocycles. The number of ether oxygens (including phenoxy) is 2. The van der Waals surface area contributed by atoms with Gasteiger partial charge in [0.2, 0.25) is 5.91 Å². The molecule has 0 bridgehead atoms. The highest BCUT2D eigenvalue weighted by Crippen LogP contribution is 2.24. The maximum absolute atomic E-state index is 12.3. The Kier molecular flexibility index (Phi) is 6.49. The predicted molar refractivity (Wildman–Crippen MR) is 99.3 cm³/mol. The maximum Gasteiger partial charge on any atom is 0.236 e. The van der Waals surface area contributed by atoms with Crippen LogP contribution in [-0.2, 0) is 9.53 Å². The minimum Gasteiger partial charge on any atom is -0.490 e. The molecule has 1 atom stereocenters. The van der Waals surface area contributed by atoms with Gasteiger partial charge in [0, 0.05) is 50.4 Å². The van der Waals surface area contributed by atoms with Crippen LogP contribution in [0.3, 0.4) is 0 Å². The molecule has 1 aliphatic heterocycles. The molecule has 7 nitrogen and oxygen atoms in total. The second-order valence-corrected chi connectivity index (χ2v) is 6.62. The molecule has 1 aromatic heterocycles. The SMILES string of the molecule is COCCN1CCCN(CC(O)COc2cccc3[nH]ccc23)CC1=O. The molecule has 1 unspecified atom stereocenters. The molecule has 0 aliphatic carbocycles. The van der Waals surface area contributed by atoms with Gasteiger partial charge in [-0.15, -0.1) is 0 Å². The fourth-order valence-electron chi connectivity index (χ4n) is 3.29. The van der Waals surface area contributed by atoms with Crippen molar-refractivity contribution in [2.24, 2.45) is 0 Å². The number of methoxy groups -OCH3 is 1. The summed E-state index contributed by atoms with van der Waals surface area (Å²) in [5.41, 5.74) is 1.01. The van der Waals surface area contributed by atoms with Gasteiger partial charge in [-0.1, -0.05) is 6.07 Å². The van der Waals surface area contributed by atoms with E-state index >= 15 is 0 Å². The first-order valence-electron chi connectivity index (χ1n) is 9.03.